The molecular formula is C16H20Cl2N2. The van der Waals surface area contributed by atoms with Gasteiger partial charge in [0.05, 0.1) is 16.4 Å². The van der Waals surface area contributed by atoms with E-state index in [9.17, 15) is 0 Å². The van der Waals surface area contributed by atoms with Crippen molar-refractivity contribution in [3.63, 3.8) is 0 Å². The molecule has 0 N–H and O–H groups in total. The fraction of sp³-hybridized carbons (Fsp3) is 0.562. The van der Waals surface area contributed by atoms with Gasteiger partial charge in [-0.05, 0) is 49.8 Å². The lowest BCUT2D eigenvalue weighted by Gasteiger charge is -2.21. The Labute approximate surface area is 130 Å². The Kier molecular flexibility index (Phi) is 3.50. The number of rotatable bonds is 2. The van der Waals surface area contributed by atoms with Crippen LogP contribution in [0, 0.1) is 5.41 Å². The van der Waals surface area contributed by atoms with Gasteiger partial charge in [-0.2, -0.15) is 0 Å². The summed E-state index contributed by atoms with van der Waals surface area (Å²) in [6.45, 7) is 6.67. The molecule has 1 heterocycles. The average molecular weight is 311 g/mol. The highest BCUT2D eigenvalue weighted by Crippen LogP contribution is 2.45. The minimum Gasteiger partial charge on any atom is -0.324 e. The summed E-state index contributed by atoms with van der Waals surface area (Å²) in [7, 11) is 0. The average Bonchev–Trinajstić information content (AvgIpc) is 2.88. The number of nitrogens with zero attached hydrogens (tertiary/aromatic N) is 2. The molecule has 1 aliphatic carbocycles. The lowest BCUT2D eigenvalue weighted by molar-refractivity contribution is 0.358. The first-order valence-corrected chi connectivity index (χ1v) is 8.00. The van der Waals surface area contributed by atoms with Crippen LogP contribution >= 0.6 is 23.2 Å². The third-order valence-corrected chi connectivity index (χ3v) is 4.77. The molecule has 2 atom stereocenters. The topological polar surface area (TPSA) is 17.8 Å². The molecule has 0 radical (unpaired) electrons. The van der Waals surface area contributed by atoms with Gasteiger partial charge in [-0.3, -0.25) is 0 Å². The van der Waals surface area contributed by atoms with Crippen LogP contribution in [0.15, 0.2) is 18.2 Å². The molecule has 2 nitrogen and oxygen atoms in total. The number of halogens is 2. The van der Waals surface area contributed by atoms with Crippen molar-refractivity contribution in [2.75, 3.05) is 0 Å². The molecule has 1 aromatic heterocycles. The summed E-state index contributed by atoms with van der Waals surface area (Å²) in [6, 6.07) is 6.42. The number of alkyl halides is 1. The molecule has 1 aromatic carbocycles. The lowest BCUT2D eigenvalue weighted by Crippen LogP contribution is -2.12. The predicted octanol–water partition coefficient (Wildman–Crippen LogP) is 5.74. The summed E-state index contributed by atoms with van der Waals surface area (Å²) >= 11 is 12.4. The van der Waals surface area contributed by atoms with Gasteiger partial charge in [-0.15, -0.1) is 11.6 Å². The van der Waals surface area contributed by atoms with Crippen LogP contribution in [0.25, 0.3) is 11.0 Å². The lowest BCUT2D eigenvalue weighted by atomic mass is 9.92. The van der Waals surface area contributed by atoms with Crippen molar-refractivity contribution in [3.05, 3.63) is 29.0 Å². The first kappa shape index (κ1) is 14.2. The molecule has 0 bridgehead atoms. The van der Waals surface area contributed by atoms with E-state index in [-0.39, 0.29) is 5.38 Å². The molecule has 0 amide bonds. The van der Waals surface area contributed by atoms with Gasteiger partial charge in [-0.1, -0.05) is 25.4 Å². The maximum Gasteiger partial charge on any atom is 0.127 e. The predicted molar refractivity (Wildman–Crippen MR) is 85.7 cm³/mol. The Morgan fingerprint density at radius 2 is 2.15 bits per heavy atom. The Bertz CT molecular complexity index is 643. The smallest absolute Gasteiger partial charge is 0.127 e. The maximum atomic E-state index is 6.35. The number of aromatic nitrogens is 2. The van der Waals surface area contributed by atoms with E-state index in [1.807, 2.05) is 19.1 Å². The molecule has 3 rings (SSSR count). The Morgan fingerprint density at radius 3 is 2.75 bits per heavy atom. The zero-order valence-electron chi connectivity index (χ0n) is 12.2. The van der Waals surface area contributed by atoms with E-state index in [0.717, 1.165) is 21.9 Å². The molecule has 2 unspecified atom stereocenters. The fourth-order valence-corrected chi connectivity index (χ4v) is 3.69. The summed E-state index contributed by atoms with van der Waals surface area (Å²) in [4.78, 5) is 4.71. The van der Waals surface area contributed by atoms with Crippen LogP contribution < -0.4 is 0 Å². The van der Waals surface area contributed by atoms with E-state index < -0.39 is 0 Å². The number of hydrogen-bond donors (Lipinski definition) is 0. The highest BCUT2D eigenvalue weighted by Gasteiger charge is 2.34. The second-order valence-electron chi connectivity index (χ2n) is 6.65. The van der Waals surface area contributed by atoms with E-state index >= 15 is 0 Å². The molecule has 20 heavy (non-hydrogen) atoms. The fourth-order valence-electron chi connectivity index (χ4n) is 3.37. The van der Waals surface area contributed by atoms with Crippen LogP contribution in [0.5, 0.6) is 0 Å². The van der Waals surface area contributed by atoms with E-state index in [4.69, 9.17) is 28.2 Å². The number of benzene rings is 1. The summed E-state index contributed by atoms with van der Waals surface area (Å²) in [6.07, 6.45) is 3.62. The third kappa shape index (κ3) is 2.44. The van der Waals surface area contributed by atoms with Crippen molar-refractivity contribution in [2.45, 2.75) is 51.5 Å². The van der Waals surface area contributed by atoms with Crippen molar-refractivity contribution in [1.82, 2.24) is 9.55 Å². The summed E-state index contributed by atoms with van der Waals surface area (Å²) < 4.78 is 2.35. The van der Waals surface area contributed by atoms with Crippen molar-refractivity contribution in [3.8, 4) is 0 Å². The normalized spacial score (nSPS) is 23.4. The van der Waals surface area contributed by atoms with E-state index in [0.29, 0.717) is 11.5 Å². The molecule has 0 saturated heterocycles. The van der Waals surface area contributed by atoms with E-state index in [1.165, 1.54) is 19.3 Å². The summed E-state index contributed by atoms with van der Waals surface area (Å²) in [5.41, 5.74) is 2.50. The number of hydrogen-bond acceptors (Lipinski definition) is 1. The molecule has 2 aromatic rings. The zero-order valence-corrected chi connectivity index (χ0v) is 13.7. The molecule has 0 spiro atoms. The largest absolute Gasteiger partial charge is 0.324 e. The Balaban J connectivity index is 2.15. The second-order valence-corrected chi connectivity index (χ2v) is 7.74. The minimum absolute atomic E-state index is 0.0927. The van der Waals surface area contributed by atoms with E-state index in [1.54, 1.807) is 0 Å². The highest BCUT2D eigenvalue weighted by molar-refractivity contribution is 6.31. The molecule has 0 aliphatic heterocycles. The first-order chi connectivity index (χ1) is 9.37. The van der Waals surface area contributed by atoms with Gasteiger partial charge in [-0.25, -0.2) is 4.98 Å². The van der Waals surface area contributed by atoms with Crippen molar-refractivity contribution < 1.29 is 0 Å². The second kappa shape index (κ2) is 4.92. The van der Waals surface area contributed by atoms with Crippen LogP contribution in [-0.4, -0.2) is 9.55 Å². The molecule has 1 fully saturated rings. The van der Waals surface area contributed by atoms with Gasteiger partial charge < -0.3 is 4.57 Å². The Morgan fingerprint density at radius 1 is 1.40 bits per heavy atom. The molecular weight excluding hydrogens is 291 g/mol. The quantitative estimate of drug-likeness (QED) is 0.647. The molecule has 1 aliphatic rings. The van der Waals surface area contributed by atoms with Gasteiger partial charge in [0.2, 0.25) is 0 Å². The summed E-state index contributed by atoms with van der Waals surface area (Å²) in [5, 5.41) is 0.632. The number of imidazole rings is 1. The van der Waals surface area contributed by atoms with Gasteiger partial charge >= 0.3 is 0 Å². The van der Waals surface area contributed by atoms with Gasteiger partial charge in [0.15, 0.2) is 0 Å². The van der Waals surface area contributed by atoms with Crippen LogP contribution in [-0.2, 0) is 0 Å². The van der Waals surface area contributed by atoms with Gasteiger partial charge in [0.1, 0.15) is 5.82 Å². The van der Waals surface area contributed by atoms with Crippen molar-refractivity contribution in [1.29, 1.82) is 0 Å². The molecule has 108 valence electrons. The molecule has 4 heteroatoms. The maximum absolute atomic E-state index is 6.35. The van der Waals surface area contributed by atoms with Crippen LogP contribution in [0.2, 0.25) is 5.02 Å². The van der Waals surface area contributed by atoms with E-state index in [2.05, 4.69) is 24.5 Å². The van der Waals surface area contributed by atoms with Crippen LogP contribution in [0.3, 0.4) is 0 Å². The molecule has 1 saturated carbocycles. The third-order valence-electron chi connectivity index (χ3n) is 4.34. The standard InChI is InChI=1S/C16H20Cl2N2/c1-10(17)15-19-13-8-11(18)4-5-14(13)20(15)12-6-7-16(2,3)9-12/h4-5,8,10,12H,6-7,9H2,1-3H3. The van der Waals surface area contributed by atoms with Gasteiger partial charge in [0.25, 0.3) is 0 Å². The van der Waals surface area contributed by atoms with Crippen LogP contribution in [0.1, 0.15) is 57.3 Å². The minimum atomic E-state index is -0.0927. The SMILES string of the molecule is CC(Cl)c1nc2cc(Cl)ccc2n1C1CCC(C)(C)C1. The zero-order chi connectivity index (χ0) is 14.5. The van der Waals surface area contributed by atoms with Crippen molar-refractivity contribution >= 4 is 34.2 Å². The van der Waals surface area contributed by atoms with Crippen molar-refractivity contribution in [2.24, 2.45) is 5.41 Å². The monoisotopic (exact) mass is 310 g/mol. The van der Waals surface area contributed by atoms with Crippen LogP contribution in [0.4, 0.5) is 0 Å². The summed E-state index contributed by atoms with van der Waals surface area (Å²) in [5.74, 6) is 0.964. The van der Waals surface area contributed by atoms with Gasteiger partial charge in [0, 0.05) is 11.1 Å². The number of fused-ring (bicyclic) bond motifs is 1. The highest BCUT2D eigenvalue weighted by atomic mass is 35.5. The first-order valence-electron chi connectivity index (χ1n) is 7.19. The Hall–Kier alpha value is -0.730.